The zero-order valence-corrected chi connectivity index (χ0v) is 9.20. The maximum atomic E-state index is 2.61. The van der Waals surface area contributed by atoms with Crippen molar-refractivity contribution in [2.75, 3.05) is 13.1 Å². The van der Waals surface area contributed by atoms with Gasteiger partial charge in [0.15, 0.2) is 0 Å². The number of hydrogen-bond acceptors (Lipinski definition) is 1. The second-order valence-electron chi connectivity index (χ2n) is 3.51. The molecule has 0 aromatic rings. The Morgan fingerprint density at radius 3 is 1.92 bits per heavy atom. The van der Waals surface area contributed by atoms with Crippen molar-refractivity contribution in [1.82, 2.24) is 4.90 Å². The van der Waals surface area contributed by atoms with Gasteiger partial charge in [-0.3, -0.25) is 0 Å². The van der Waals surface area contributed by atoms with Crippen LogP contribution < -0.4 is 0 Å². The van der Waals surface area contributed by atoms with Gasteiger partial charge in [0, 0.05) is 6.04 Å². The molecule has 1 aliphatic rings. The molecule has 12 heavy (non-hydrogen) atoms. The Balaban J connectivity index is 0.00000121. The van der Waals surface area contributed by atoms with Gasteiger partial charge < -0.3 is 4.90 Å². The molecule has 1 rings (SSSR count). The Hall–Kier alpha value is 0.250. The van der Waals surface area contributed by atoms with Crippen LogP contribution in [0.2, 0.25) is 0 Å². The van der Waals surface area contributed by atoms with Crippen LogP contribution in [-0.4, -0.2) is 24.0 Å². The van der Waals surface area contributed by atoms with Gasteiger partial charge in [-0.1, -0.05) is 33.1 Å². The van der Waals surface area contributed by atoms with Gasteiger partial charge in [0.05, 0.1) is 0 Å². The van der Waals surface area contributed by atoms with Crippen molar-refractivity contribution in [3.8, 4) is 0 Å². The summed E-state index contributed by atoms with van der Waals surface area (Å²) in [6.45, 7) is 7.03. The molecule has 1 nitrogen and oxygen atoms in total. The van der Waals surface area contributed by atoms with Crippen LogP contribution in [0.5, 0.6) is 0 Å². The van der Waals surface area contributed by atoms with E-state index >= 15 is 0 Å². The molecule has 0 saturated heterocycles. The number of hydrogen-bond donors (Lipinski definition) is 0. The molecule has 74 valence electrons. The summed E-state index contributed by atoms with van der Waals surface area (Å²) in [6.07, 6.45) is 7.28. The fourth-order valence-corrected chi connectivity index (χ4v) is 2.19. The van der Waals surface area contributed by atoms with E-state index in [9.17, 15) is 0 Å². The van der Waals surface area contributed by atoms with E-state index in [4.69, 9.17) is 0 Å². The van der Waals surface area contributed by atoms with Crippen molar-refractivity contribution >= 4 is 12.4 Å². The molecule has 0 atom stereocenters. The zero-order chi connectivity index (χ0) is 8.10. The normalized spacial score (nSPS) is 19.2. The van der Waals surface area contributed by atoms with Crippen molar-refractivity contribution in [1.29, 1.82) is 0 Å². The van der Waals surface area contributed by atoms with Crippen LogP contribution in [0.25, 0.3) is 0 Å². The van der Waals surface area contributed by atoms with Gasteiger partial charge in [-0.05, 0) is 25.9 Å². The fraction of sp³-hybridized carbons (Fsp3) is 1.00. The third-order valence-electron chi connectivity index (χ3n) is 2.90. The van der Waals surface area contributed by atoms with Crippen molar-refractivity contribution in [3.63, 3.8) is 0 Å². The predicted molar refractivity (Wildman–Crippen MR) is 57.0 cm³/mol. The average molecular weight is 192 g/mol. The summed E-state index contributed by atoms with van der Waals surface area (Å²) < 4.78 is 0. The first kappa shape index (κ1) is 12.2. The molecule has 1 fully saturated rings. The Labute approximate surface area is 82.9 Å². The van der Waals surface area contributed by atoms with Crippen LogP contribution in [0.3, 0.4) is 0 Å². The molecule has 0 heterocycles. The van der Waals surface area contributed by atoms with Crippen molar-refractivity contribution in [3.05, 3.63) is 0 Å². The van der Waals surface area contributed by atoms with Crippen molar-refractivity contribution in [2.45, 2.75) is 52.0 Å². The highest BCUT2D eigenvalue weighted by Gasteiger charge is 2.17. The summed E-state index contributed by atoms with van der Waals surface area (Å²) in [4.78, 5) is 2.61. The van der Waals surface area contributed by atoms with E-state index in [1.807, 2.05) is 0 Å². The number of halogens is 1. The summed E-state index contributed by atoms with van der Waals surface area (Å²) in [5.41, 5.74) is 0. The second-order valence-corrected chi connectivity index (χ2v) is 3.51. The van der Waals surface area contributed by atoms with Crippen LogP contribution >= 0.6 is 12.4 Å². The Kier molecular flexibility index (Phi) is 6.87. The molecule has 0 spiro atoms. The minimum Gasteiger partial charge on any atom is -0.301 e. The molecule has 0 amide bonds. The summed E-state index contributed by atoms with van der Waals surface area (Å²) in [7, 11) is 0. The van der Waals surface area contributed by atoms with Crippen LogP contribution in [0.4, 0.5) is 0 Å². The van der Waals surface area contributed by atoms with E-state index in [-0.39, 0.29) is 12.4 Å². The highest BCUT2D eigenvalue weighted by Crippen LogP contribution is 2.21. The largest absolute Gasteiger partial charge is 0.301 e. The lowest BCUT2D eigenvalue weighted by molar-refractivity contribution is 0.172. The van der Waals surface area contributed by atoms with Crippen LogP contribution in [0, 0.1) is 0 Å². The quantitative estimate of drug-likeness (QED) is 0.663. The lowest BCUT2D eigenvalue weighted by Gasteiger charge is -2.32. The van der Waals surface area contributed by atoms with Crippen LogP contribution in [-0.2, 0) is 0 Å². The first-order valence-electron chi connectivity index (χ1n) is 5.12. The standard InChI is InChI=1S/C10H21N.ClH/c1-3-11(4-2)10-8-6-5-7-9-10;/h10H,3-9H2,1-2H3;1H. The number of rotatable bonds is 3. The van der Waals surface area contributed by atoms with E-state index in [2.05, 4.69) is 18.7 Å². The van der Waals surface area contributed by atoms with Crippen molar-refractivity contribution in [2.24, 2.45) is 0 Å². The Morgan fingerprint density at radius 2 is 1.50 bits per heavy atom. The maximum absolute atomic E-state index is 2.61. The molecule has 2 heteroatoms. The predicted octanol–water partition coefficient (Wildman–Crippen LogP) is 3.08. The van der Waals surface area contributed by atoms with Gasteiger partial charge in [0.2, 0.25) is 0 Å². The van der Waals surface area contributed by atoms with Gasteiger partial charge in [0.1, 0.15) is 0 Å². The van der Waals surface area contributed by atoms with E-state index in [0.717, 1.165) is 6.04 Å². The van der Waals surface area contributed by atoms with Gasteiger partial charge in [-0.15, -0.1) is 12.4 Å². The van der Waals surface area contributed by atoms with Gasteiger partial charge >= 0.3 is 0 Å². The molecule has 0 aliphatic heterocycles. The number of nitrogens with zero attached hydrogens (tertiary/aromatic N) is 1. The van der Waals surface area contributed by atoms with Crippen molar-refractivity contribution < 1.29 is 0 Å². The summed E-state index contributed by atoms with van der Waals surface area (Å²) >= 11 is 0. The topological polar surface area (TPSA) is 3.24 Å². The molecule has 0 unspecified atom stereocenters. The summed E-state index contributed by atoms with van der Waals surface area (Å²) in [5.74, 6) is 0. The average Bonchev–Trinajstić information content (AvgIpc) is 2.09. The van der Waals surface area contributed by atoms with Gasteiger partial charge in [-0.25, -0.2) is 0 Å². The molecule has 0 aromatic heterocycles. The molecule has 1 saturated carbocycles. The van der Waals surface area contributed by atoms with E-state index < -0.39 is 0 Å². The zero-order valence-electron chi connectivity index (χ0n) is 8.38. The maximum Gasteiger partial charge on any atom is 0.00950 e. The first-order valence-corrected chi connectivity index (χ1v) is 5.12. The third-order valence-corrected chi connectivity index (χ3v) is 2.90. The van der Waals surface area contributed by atoms with Crippen LogP contribution in [0.15, 0.2) is 0 Å². The minimum absolute atomic E-state index is 0. The smallest absolute Gasteiger partial charge is 0.00950 e. The van der Waals surface area contributed by atoms with E-state index in [1.165, 1.54) is 45.2 Å². The molecule has 0 aromatic carbocycles. The molecule has 0 radical (unpaired) electrons. The van der Waals surface area contributed by atoms with Gasteiger partial charge in [-0.2, -0.15) is 0 Å². The summed E-state index contributed by atoms with van der Waals surface area (Å²) in [6, 6.07) is 0.916. The molecular weight excluding hydrogens is 170 g/mol. The lowest BCUT2D eigenvalue weighted by Crippen LogP contribution is -2.36. The van der Waals surface area contributed by atoms with E-state index in [0.29, 0.717) is 0 Å². The third kappa shape index (κ3) is 3.32. The fourth-order valence-electron chi connectivity index (χ4n) is 2.19. The minimum atomic E-state index is 0. The SMILES string of the molecule is CCN(CC)C1CCCCC1.Cl. The molecule has 0 bridgehead atoms. The summed E-state index contributed by atoms with van der Waals surface area (Å²) in [5, 5.41) is 0. The second kappa shape index (κ2) is 6.73. The molecule has 0 N–H and O–H groups in total. The Bertz CT molecular complexity index is 96.0. The monoisotopic (exact) mass is 191 g/mol. The Morgan fingerprint density at radius 1 is 1.00 bits per heavy atom. The molecule has 1 aliphatic carbocycles. The highest BCUT2D eigenvalue weighted by molar-refractivity contribution is 5.85. The molecular formula is C10H22ClN. The van der Waals surface area contributed by atoms with E-state index in [1.54, 1.807) is 0 Å². The van der Waals surface area contributed by atoms with Gasteiger partial charge in [0.25, 0.3) is 0 Å². The first-order chi connectivity index (χ1) is 5.38. The lowest BCUT2D eigenvalue weighted by atomic mass is 9.94. The highest BCUT2D eigenvalue weighted by atomic mass is 35.5. The van der Waals surface area contributed by atoms with Crippen LogP contribution in [0.1, 0.15) is 46.0 Å².